The van der Waals surface area contributed by atoms with E-state index in [9.17, 15) is 19.5 Å². The Kier molecular flexibility index (Phi) is 8.69. The predicted octanol–water partition coefficient (Wildman–Crippen LogP) is 4.73. The number of hydrogen-bond acceptors (Lipinski definition) is 8. The minimum Gasteiger partial charge on any atom is -0.447 e. The molecule has 5 heterocycles. The summed E-state index contributed by atoms with van der Waals surface area (Å²) in [6.07, 6.45) is 5.59. The predicted molar refractivity (Wildman–Crippen MR) is 183 cm³/mol. The molecular weight excluding hydrogens is 606 g/mol. The molecule has 10 nitrogen and oxygen atoms in total. The number of carbonyl (C=O) groups excluding carboxylic acids is 3. The fourth-order valence-corrected chi connectivity index (χ4v) is 8.18. The number of cyclic esters (lactones) is 1. The zero-order valence-corrected chi connectivity index (χ0v) is 28.8. The van der Waals surface area contributed by atoms with E-state index < -0.39 is 5.54 Å². The van der Waals surface area contributed by atoms with Crippen molar-refractivity contribution in [3.63, 3.8) is 0 Å². The molecule has 1 spiro atoms. The molecule has 3 saturated heterocycles. The van der Waals surface area contributed by atoms with E-state index in [0.717, 1.165) is 80.8 Å². The molecule has 0 saturated carbocycles. The van der Waals surface area contributed by atoms with Crippen LogP contribution in [0.5, 0.6) is 0 Å². The van der Waals surface area contributed by atoms with Crippen molar-refractivity contribution in [1.82, 2.24) is 19.7 Å². The number of rotatable bonds is 8. The molecule has 1 aromatic carbocycles. The molecule has 10 heteroatoms. The lowest BCUT2D eigenvalue weighted by Gasteiger charge is -2.49. The number of likely N-dealkylation sites (N-methyl/N-ethyl adjacent to an activating group) is 1. The highest BCUT2D eigenvalue weighted by Crippen LogP contribution is 2.40. The zero-order valence-electron chi connectivity index (χ0n) is 28.8. The van der Waals surface area contributed by atoms with E-state index in [1.807, 2.05) is 24.3 Å². The third-order valence-corrected chi connectivity index (χ3v) is 11.7. The summed E-state index contributed by atoms with van der Waals surface area (Å²) >= 11 is 0. The molecule has 1 aromatic heterocycles. The Morgan fingerprint density at radius 2 is 1.88 bits per heavy atom. The SMILES string of the molecule is CN1C(=O)OCC12CN(C(=O)c1cccc([C@@H](CCN3CCC(O)CC3)CC(=O)C3=Nc4cc5c(nc4C3)CC[C@H](C(C)(C)C)C5)c1)C2. The van der Waals surface area contributed by atoms with Gasteiger partial charge in [0.05, 0.1) is 23.2 Å². The molecule has 48 heavy (non-hydrogen) atoms. The number of fused-ring (bicyclic) bond motifs is 2. The summed E-state index contributed by atoms with van der Waals surface area (Å²) in [5.41, 5.74) is 6.12. The van der Waals surface area contributed by atoms with Crippen molar-refractivity contribution >= 4 is 29.2 Å². The lowest BCUT2D eigenvalue weighted by atomic mass is 9.71. The number of ether oxygens (including phenoxy) is 1. The average molecular weight is 656 g/mol. The number of ketones is 1. The van der Waals surface area contributed by atoms with Crippen molar-refractivity contribution in [3.8, 4) is 0 Å². The number of aliphatic hydroxyl groups excluding tert-OH is 1. The van der Waals surface area contributed by atoms with Crippen LogP contribution in [-0.2, 0) is 28.8 Å². The summed E-state index contributed by atoms with van der Waals surface area (Å²) in [5, 5.41) is 10.0. The standard InChI is InChI=1S/C38H49N5O5/c1-37(2,3)28-8-9-30-27(17-28)18-31-32(39-30)20-33(40-31)34(45)19-25(10-13-42-14-11-29(44)12-15-42)24-6-5-7-26(16-24)35(46)43-21-38(22-43)23-48-36(47)41(38)4/h5-7,16,18,25,28-29,44H,8-15,17,19-23H2,1-4H3/t25-,28-/m0/s1. The molecule has 2 amide bonds. The summed E-state index contributed by atoms with van der Waals surface area (Å²) in [5.74, 6) is 0.469. The number of likely N-dealkylation sites (tertiary alicyclic amines) is 2. The van der Waals surface area contributed by atoms with Gasteiger partial charge in [0, 0.05) is 57.3 Å². The second-order valence-electron chi connectivity index (χ2n) is 15.9. The maximum absolute atomic E-state index is 14.0. The number of aliphatic imine (C=N–C) groups is 1. The van der Waals surface area contributed by atoms with Crippen LogP contribution in [-0.4, -0.2) is 106 Å². The van der Waals surface area contributed by atoms with E-state index in [4.69, 9.17) is 14.7 Å². The number of pyridine rings is 1. The van der Waals surface area contributed by atoms with Gasteiger partial charge < -0.3 is 19.6 Å². The fourth-order valence-electron chi connectivity index (χ4n) is 8.18. The Bertz CT molecular complexity index is 1630. The lowest BCUT2D eigenvalue weighted by Crippen LogP contribution is -2.70. The molecule has 0 bridgehead atoms. The van der Waals surface area contributed by atoms with Crippen LogP contribution in [0.25, 0.3) is 0 Å². The highest BCUT2D eigenvalue weighted by Gasteiger charge is 2.55. The molecule has 5 aliphatic rings. The summed E-state index contributed by atoms with van der Waals surface area (Å²) in [7, 11) is 1.72. The first-order valence-electron chi connectivity index (χ1n) is 17.7. The van der Waals surface area contributed by atoms with Gasteiger partial charge >= 0.3 is 6.09 Å². The molecule has 0 unspecified atom stereocenters. The van der Waals surface area contributed by atoms with Crippen LogP contribution in [0.1, 0.15) is 91.7 Å². The largest absolute Gasteiger partial charge is 0.447 e. The summed E-state index contributed by atoms with van der Waals surface area (Å²) in [4.78, 5) is 55.1. The molecular formula is C38H49N5O5. The van der Waals surface area contributed by atoms with Crippen LogP contribution in [0, 0.1) is 11.3 Å². The number of carbonyl (C=O) groups is 3. The normalized spacial score (nSPS) is 23.0. The van der Waals surface area contributed by atoms with Crippen LogP contribution in [0.4, 0.5) is 10.5 Å². The van der Waals surface area contributed by atoms with Gasteiger partial charge in [0.1, 0.15) is 12.1 Å². The van der Waals surface area contributed by atoms with E-state index in [-0.39, 0.29) is 35.2 Å². The molecule has 256 valence electrons. The Labute approximate surface area is 283 Å². The number of nitrogens with zero attached hydrogens (tertiary/aromatic N) is 5. The number of piperidine rings is 1. The highest BCUT2D eigenvalue weighted by molar-refractivity contribution is 6.41. The van der Waals surface area contributed by atoms with Gasteiger partial charge in [-0.15, -0.1) is 0 Å². The van der Waals surface area contributed by atoms with Crippen LogP contribution < -0.4 is 0 Å². The molecule has 0 radical (unpaired) electrons. The average Bonchev–Trinajstić information content (AvgIpc) is 3.60. The maximum Gasteiger partial charge on any atom is 0.410 e. The number of aromatic nitrogens is 1. The molecule has 3 fully saturated rings. The fraction of sp³-hybridized carbons (Fsp3) is 0.605. The molecule has 1 aliphatic carbocycles. The van der Waals surface area contributed by atoms with Crippen molar-refractivity contribution in [3.05, 3.63) is 58.4 Å². The number of amides is 2. The first-order chi connectivity index (χ1) is 22.9. The lowest BCUT2D eigenvalue weighted by molar-refractivity contribution is -0.113. The quantitative estimate of drug-likeness (QED) is 0.438. The minimum absolute atomic E-state index is 0.0351. The van der Waals surface area contributed by atoms with E-state index in [0.29, 0.717) is 49.7 Å². The van der Waals surface area contributed by atoms with Crippen LogP contribution in [0.2, 0.25) is 0 Å². The summed E-state index contributed by atoms with van der Waals surface area (Å²) in [6.45, 7) is 10.6. The topological polar surface area (TPSA) is 116 Å². The molecule has 7 rings (SSSR count). The van der Waals surface area contributed by atoms with Gasteiger partial charge in [-0.05, 0) is 91.6 Å². The summed E-state index contributed by atoms with van der Waals surface area (Å²) < 4.78 is 5.22. The van der Waals surface area contributed by atoms with Gasteiger partial charge in [0.25, 0.3) is 5.91 Å². The van der Waals surface area contributed by atoms with E-state index >= 15 is 0 Å². The smallest absolute Gasteiger partial charge is 0.410 e. The maximum atomic E-state index is 14.0. The van der Waals surface area contributed by atoms with Gasteiger partial charge in [-0.2, -0.15) is 0 Å². The Morgan fingerprint density at radius 3 is 2.58 bits per heavy atom. The zero-order chi connectivity index (χ0) is 33.8. The van der Waals surface area contributed by atoms with E-state index in [1.165, 1.54) is 5.56 Å². The molecule has 2 aromatic rings. The molecule has 2 atom stereocenters. The third kappa shape index (κ3) is 6.41. The van der Waals surface area contributed by atoms with Gasteiger partial charge in [0.2, 0.25) is 0 Å². The van der Waals surface area contributed by atoms with E-state index in [2.05, 4.69) is 31.7 Å². The number of benzene rings is 1. The van der Waals surface area contributed by atoms with Crippen molar-refractivity contribution in [2.75, 3.05) is 46.4 Å². The Hall–Kier alpha value is -3.63. The van der Waals surface area contributed by atoms with Crippen molar-refractivity contribution in [1.29, 1.82) is 0 Å². The van der Waals surface area contributed by atoms with Crippen LogP contribution in [0.15, 0.2) is 35.3 Å². The monoisotopic (exact) mass is 655 g/mol. The number of aryl methyl sites for hydroxylation is 1. The Balaban J connectivity index is 1.07. The van der Waals surface area contributed by atoms with Crippen molar-refractivity contribution in [2.45, 2.75) is 89.7 Å². The van der Waals surface area contributed by atoms with Gasteiger partial charge in [0.15, 0.2) is 5.78 Å². The van der Waals surface area contributed by atoms with Crippen LogP contribution in [0.3, 0.4) is 0 Å². The second kappa shape index (κ2) is 12.7. The van der Waals surface area contributed by atoms with Crippen LogP contribution >= 0.6 is 0 Å². The first-order valence-corrected chi connectivity index (χ1v) is 17.7. The van der Waals surface area contributed by atoms with Gasteiger partial charge in [-0.1, -0.05) is 32.9 Å². The van der Waals surface area contributed by atoms with E-state index in [1.54, 1.807) is 16.8 Å². The molecule has 4 aliphatic heterocycles. The first kappa shape index (κ1) is 32.9. The number of hydrogen-bond donors (Lipinski definition) is 1. The summed E-state index contributed by atoms with van der Waals surface area (Å²) in [6, 6.07) is 9.88. The number of Topliss-reactive ketones (excluding diaryl/α,β-unsaturated/α-hetero) is 1. The third-order valence-electron chi connectivity index (χ3n) is 11.7. The second-order valence-corrected chi connectivity index (χ2v) is 15.9. The number of aliphatic hydroxyl groups is 1. The van der Waals surface area contributed by atoms with Crippen molar-refractivity contribution in [2.24, 2.45) is 16.3 Å². The Morgan fingerprint density at radius 1 is 1.10 bits per heavy atom. The van der Waals surface area contributed by atoms with Crippen molar-refractivity contribution < 1.29 is 24.2 Å². The molecule has 1 N–H and O–H groups in total. The van der Waals surface area contributed by atoms with Gasteiger partial charge in [-0.25, -0.2) is 9.79 Å². The minimum atomic E-state index is -0.441. The van der Waals surface area contributed by atoms with Gasteiger partial charge in [-0.3, -0.25) is 19.5 Å². The highest BCUT2D eigenvalue weighted by atomic mass is 16.6.